The first-order valence-corrected chi connectivity index (χ1v) is 7.60. The first-order valence-electron chi connectivity index (χ1n) is 6.81. The number of pyridine rings is 1. The monoisotopic (exact) mass is 340 g/mol. The van der Waals surface area contributed by atoms with Crippen LogP contribution in [0.3, 0.4) is 0 Å². The Morgan fingerprint density at radius 3 is 2.62 bits per heavy atom. The number of nitrogens with zero attached hydrogens (tertiary/aromatic N) is 1. The summed E-state index contributed by atoms with van der Waals surface area (Å²) in [7, 11) is 0. The van der Waals surface area contributed by atoms with Gasteiger partial charge in [-0.3, -0.25) is 4.79 Å². The molecule has 0 atom stereocenters. The molecule has 0 aliphatic rings. The Bertz CT molecular complexity index is 809. The Hall–Kier alpha value is -2.00. The second-order valence-electron chi connectivity index (χ2n) is 5.13. The molecule has 104 valence electrons. The topological polar surface area (TPSA) is 20.9 Å². The lowest BCUT2D eigenvalue weighted by Gasteiger charge is -2.02. The van der Waals surface area contributed by atoms with Gasteiger partial charge in [-0.15, -0.1) is 0 Å². The molecule has 3 rings (SSSR count). The number of rotatable bonds is 3. The molecule has 0 fully saturated rings. The average Bonchev–Trinajstić information content (AvgIpc) is 2.47. The van der Waals surface area contributed by atoms with Crippen LogP contribution in [0.2, 0.25) is 0 Å². The van der Waals surface area contributed by atoms with Crippen LogP contribution < -0.4 is 4.57 Å². The first kappa shape index (κ1) is 14.0. The number of hydrogen-bond acceptors (Lipinski definition) is 1. The summed E-state index contributed by atoms with van der Waals surface area (Å²) < 4.78 is 2.98. The van der Waals surface area contributed by atoms with E-state index in [9.17, 15) is 4.79 Å². The lowest BCUT2D eigenvalue weighted by Crippen LogP contribution is -2.38. The Labute approximate surface area is 132 Å². The van der Waals surface area contributed by atoms with E-state index in [1.807, 2.05) is 41.1 Å². The van der Waals surface area contributed by atoms with Crippen molar-refractivity contribution in [2.75, 3.05) is 0 Å². The van der Waals surface area contributed by atoms with E-state index in [1.54, 1.807) is 0 Å². The van der Waals surface area contributed by atoms with Crippen LogP contribution in [-0.2, 0) is 6.54 Å². The van der Waals surface area contributed by atoms with E-state index in [0.717, 1.165) is 20.9 Å². The molecule has 1 heterocycles. The highest BCUT2D eigenvalue weighted by Crippen LogP contribution is 2.13. The van der Waals surface area contributed by atoms with Crippen LogP contribution in [0.25, 0.3) is 10.9 Å². The van der Waals surface area contributed by atoms with E-state index in [0.29, 0.717) is 6.54 Å². The van der Waals surface area contributed by atoms with Gasteiger partial charge in [-0.1, -0.05) is 39.7 Å². The minimum atomic E-state index is 0.112. The molecule has 0 bridgehead atoms. The molecule has 0 aliphatic carbocycles. The number of fused-ring (bicyclic) bond motifs is 1. The van der Waals surface area contributed by atoms with Gasteiger partial charge in [0.1, 0.15) is 0 Å². The maximum atomic E-state index is 12.4. The van der Waals surface area contributed by atoms with E-state index in [4.69, 9.17) is 0 Å². The van der Waals surface area contributed by atoms with Crippen LogP contribution in [-0.4, -0.2) is 5.78 Å². The van der Waals surface area contributed by atoms with Crippen LogP contribution in [0, 0.1) is 6.92 Å². The van der Waals surface area contributed by atoms with Crippen molar-refractivity contribution in [3.63, 3.8) is 0 Å². The lowest BCUT2D eigenvalue weighted by molar-refractivity contribution is -0.657. The van der Waals surface area contributed by atoms with E-state index >= 15 is 0 Å². The maximum Gasteiger partial charge on any atom is 0.227 e. The normalized spacial score (nSPS) is 10.8. The molecule has 0 saturated carbocycles. The second-order valence-corrected chi connectivity index (χ2v) is 6.04. The molecule has 2 aromatic carbocycles. The van der Waals surface area contributed by atoms with Crippen molar-refractivity contribution < 1.29 is 9.36 Å². The summed E-state index contributed by atoms with van der Waals surface area (Å²) in [6, 6.07) is 17.8. The summed E-state index contributed by atoms with van der Waals surface area (Å²) in [5, 5.41) is 1.15. The van der Waals surface area contributed by atoms with Crippen LogP contribution in [0.4, 0.5) is 0 Å². The van der Waals surface area contributed by atoms with Gasteiger partial charge in [-0.25, -0.2) is 0 Å². The minimum Gasteiger partial charge on any atom is -0.287 e. The number of carbonyl (C=O) groups is 1. The molecule has 0 spiro atoms. The third-order valence-electron chi connectivity index (χ3n) is 3.51. The van der Waals surface area contributed by atoms with Crippen molar-refractivity contribution >= 4 is 32.6 Å². The van der Waals surface area contributed by atoms with Crippen molar-refractivity contribution in [3.8, 4) is 0 Å². The zero-order valence-electron chi connectivity index (χ0n) is 11.7. The Balaban J connectivity index is 1.94. The van der Waals surface area contributed by atoms with Gasteiger partial charge in [0.05, 0.1) is 0 Å². The highest BCUT2D eigenvalue weighted by molar-refractivity contribution is 9.10. The Morgan fingerprint density at radius 1 is 1.10 bits per heavy atom. The molecule has 0 radical (unpaired) electrons. The Morgan fingerprint density at radius 2 is 1.86 bits per heavy atom. The third-order valence-corrected chi connectivity index (χ3v) is 4.04. The summed E-state index contributed by atoms with van der Waals surface area (Å²) in [5.74, 6) is 0.112. The van der Waals surface area contributed by atoms with Crippen LogP contribution in [0.1, 0.15) is 15.9 Å². The molecule has 1 aromatic heterocycles. The fraction of sp³-hybridized carbons (Fsp3) is 0.111. The van der Waals surface area contributed by atoms with Gasteiger partial charge in [-0.2, -0.15) is 4.57 Å². The summed E-state index contributed by atoms with van der Waals surface area (Å²) in [6.45, 7) is 2.42. The number of hydrogen-bond donors (Lipinski definition) is 0. The lowest BCUT2D eigenvalue weighted by atomic mass is 10.1. The molecule has 0 unspecified atom stereocenters. The smallest absolute Gasteiger partial charge is 0.227 e. The predicted molar refractivity (Wildman–Crippen MR) is 87.4 cm³/mol. The van der Waals surface area contributed by atoms with E-state index < -0.39 is 0 Å². The van der Waals surface area contributed by atoms with Crippen molar-refractivity contribution in [2.24, 2.45) is 0 Å². The zero-order valence-corrected chi connectivity index (χ0v) is 13.3. The molecule has 3 heteroatoms. The number of halogens is 1. The molecule has 3 aromatic rings. The van der Waals surface area contributed by atoms with Gasteiger partial charge in [0.25, 0.3) is 0 Å². The van der Waals surface area contributed by atoms with Gasteiger partial charge in [-0.05, 0) is 31.2 Å². The summed E-state index contributed by atoms with van der Waals surface area (Å²) in [4.78, 5) is 12.4. The van der Waals surface area contributed by atoms with E-state index in [1.165, 1.54) is 5.56 Å². The largest absolute Gasteiger partial charge is 0.287 e. The first-order chi connectivity index (χ1) is 10.1. The summed E-state index contributed by atoms with van der Waals surface area (Å²) in [6.07, 6.45) is 1.95. The summed E-state index contributed by atoms with van der Waals surface area (Å²) >= 11 is 3.38. The number of benzene rings is 2. The van der Waals surface area contributed by atoms with Crippen molar-refractivity contribution in [3.05, 3.63) is 76.4 Å². The predicted octanol–water partition coefficient (Wildman–Crippen LogP) is 4.08. The zero-order chi connectivity index (χ0) is 14.8. The highest BCUT2D eigenvalue weighted by atomic mass is 79.9. The van der Waals surface area contributed by atoms with Gasteiger partial charge in [0.15, 0.2) is 6.20 Å². The molecular formula is C18H15BrNO+. The van der Waals surface area contributed by atoms with Gasteiger partial charge < -0.3 is 0 Å². The standard InChI is InChI=1S/C18H15BrNO/c1-13-4-9-17-15(11-13)3-2-10-20(17)12-18(21)14-5-7-16(19)8-6-14/h2-11H,12H2,1H3/q+1. The van der Waals surface area contributed by atoms with Crippen molar-refractivity contribution in [1.29, 1.82) is 0 Å². The molecule has 0 amide bonds. The highest BCUT2D eigenvalue weighted by Gasteiger charge is 2.15. The van der Waals surface area contributed by atoms with Crippen molar-refractivity contribution in [1.82, 2.24) is 0 Å². The molecule has 0 N–H and O–H groups in total. The number of carbonyl (C=O) groups excluding carboxylic acids is 1. The molecule has 0 aliphatic heterocycles. The van der Waals surface area contributed by atoms with Gasteiger partial charge in [0.2, 0.25) is 17.8 Å². The molecule has 2 nitrogen and oxygen atoms in total. The summed E-state index contributed by atoms with van der Waals surface area (Å²) in [5.41, 5.74) is 3.03. The van der Waals surface area contributed by atoms with Gasteiger partial charge in [0, 0.05) is 27.6 Å². The fourth-order valence-corrected chi connectivity index (χ4v) is 2.68. The van der Waals surface area contributed by atoms with E-state index in [-0.39, 0.29) is 5.78 Å². The third kappa shape index (κ3) is 3.03. The minimum absolute atomic E-state index is 0.112. The quantitative estimate of drug-likeness (QED) is 0.519. The van der Waals surface area contributed by atoms with Gasteiger partial charge >= 0.3 is 0 Å². The maximum absolute atomic E-state index is 12.4. The van der Waals surface area contributed by atoms with E-state index in [2.05, 4.69) is 47.1 Å². The van der Waals surface area contributed by atoms with Crippen molar-refractivity contribution in [2.45, 2.75) is 13.5 Å². The number of aromatic nitrogens is 1. The molecule has 21 heavy (non-hydrogen) atoms. The second kappa shape index (κ2) is 5.78. The van der Waals surface area contributed by atoms with Crippen LogP contribution in [0.5, 0.6) is 0 Å². The number of ketones is 1. The van der Waals surface area contributed by atoms with Crippen LogP contribution >= 0.6 is 15.9 Å². The molecular weight excluding hydrogens is 326 g/mol. The number of aryl methyl sites for hydroxylation is 1. The van der Waals surface area contributed by atoms with Crippen LogP contribution in [0.15, 0.2) is 65.3 Å². The Kier molecular flexibility index (Phi) is 3.84. The fourth-order valence-electron chi connectivity index (χ4n) is 2.42. The average molecular weight is 341 g/mol. The molecule has 0 saturated heterocycles. The SMILES string of the molecule is Cc1ccc2c(ccc[n+]2CC(=O)c2ccc(Br)cc2)c1. The number of Topliss-reactive ketones (excluding diaryl/α,β-unsaturated/α-hetero) is 1.